The maximum absolute atomic E-state index is 12.4. The molecule has 0 saturated carbocycles. The highest BCUT2D eigenvalue weighted by Gasteiger charge is 2.34. The molecule has 0 spiro atoms. The molecule has 152 valence electrons. The third kappa shape index (κ3) is 4.36. The van der Waals surface area contributed by atoms with Crippen LogP contribution in [0.3, 0.4) is 0 Å². The van der Waals surface area contributed by atoms with Gasteiger partial charge >= 0.3 is 5.97 Å². The van der Waals surface area contributed by atoms with Crippen LogP contribution in [0, 0.1) is 11.3 Å². The monoisotopic (exact) mass is 405 g/mol. The maximum Gasteiger partial charge on any atom is 0.338 e. The van der Waals surface area contributed by atoms with Gasteiger partial charge in [0.1, 0.15) is 0 Å². The van der Waals surface area contributed by atoms with Crippen molar-refractivity contribution in [1.29, 1.82) is 5.26 Å². The predicted octanol–water partition coefficient (Wildman–Crippen LogP) is 2.01. The first-order chi connectivity index (χ1) is 14.4. The van der Waals surface area contributed by atoms with Gasteiger partial charge in [-0.05, 0) is 29.8 Å². The molecular weight excluding hydrogens is 386 g/mol. The number of hydrogen-bond donors (Lipinski definition) is 0. The largest absolute Gasteiger partial charge is 0.452 e. The zero-order valence-corrected chi connectivity index (χ0v) is 16.3. The molecule has 0 saturated heterocycles. The van der Waals surface area contributed by atoms with Crippen molar-refractivity contribution in [3.8, 4) is 6.07 Å². The number of hydrogen-bond acceptors (Lipinski definition) is 6. The van der Waals surface area contributed by atoms with E-state index in [-0.39, 0.29) is 36.9 Å². The quantitative estimate of drug-likeness (QED) is 0.515. The predicted molar refractivity (Wildman–Crippen MR) is 105 cm³/mol. The van der Waals surface area contributed by atoms with Crippen LogP contribution in [-0.4, -0.2) is 53.7 Å². The minimum absolute atomic E-state index is 0.0872. The van der Waals surface area contributed by atoms with E-state index in [9.17, 15) is 19.2 Å². The Morgan fingerprint density at radius 1 is 1.03 bits per heavy atom. The van der Waals surface area contributed by atoms with Crippen molar-refractivity contribution in [2.24, 2.45) is 0 Å². The highest BCUT2D eigenvalue weighted by Crippen LogP contribution is 2.24. The molecule has 0 unspecified atom stereocenters. The van der Waals surface area contributed by atoms with E-state index in [0.717, 1.165) is 4.90 Å². The van der Waals surface area contributed by atoms with Crippen molar-refractivity contribution >= 4 is 23.7 Å². The Kier molecular flexibility index (Phi) is 6.23. The zero-order valence-electron chi connectivity index (χ0n) is 16.3. The van der Waals surface area contributed by atoms with Crippen molar-refractivity contribution in [3.05, 3.63) is 70.8 Å². The summed E-state index contributed by atoms with van der Waals surface area (Å²) in [5.41, 5.74) is 1.68. The lowest BCUT2D eigenvalue weighted by molar-refractivity contribution is -0.133. The fourth-order valence-electron chi connectivity index (χ4n) is 2.97. The summed E-state index contributed by atoms with van der Waals surface area (Å²) in [7, 11) is 1.53. The Labute approximate surface area is 173 Å². The van der Waals surface area contributed by atoms with Gasteiger partial charge in [0.05, 0.1) is 35.7 Å². The van der Waals surface area contributed by atoms with Crippen LogP contribution in [0.25, 0.3) is 0 Å². The molecule has 2 aromatic carbocycles. The number of carbonyl (C=O) groups is 4. The molecular formula is C22H19N3O5. The van der Waals surface area contributed by atoms with E-state index in [1.165, 1.54) is 24.1 Å². The molecule has 0 radical (unpaired) electrons. The van der Waals surface area contributed by atoms with Gasteiger partial charge in [-0.1, -0.05) is 24.3 Å². The van der Waals surface area contributed by atoms with E-state index in [2.05, 4.69) is 0 Å². The normalized spacial score (nSPS) is 12.3. The van der Waals surface area contributed by atoms with Crippen molar-refractivity contribution in [1.82, 2.24) is 9.80 Å². The van der Waals surface area contributed by atoms with Crippen LogP contribution < -0.4 is 0 Å². The van der Waals surface area contributed by atoms with Crippen molar-refractivity contribution in [3.63, 3.8) is 0 Å². The second-order valence-electron chi connectivity index (χ2n) is 6.74. The van der Waals surface area contributed by atoms with E-state index in [4.69, 9.17) is 10.00 Å². The topological polar surface area (TPSA) is 108 Å². The van der Waals surface area contributed by atoms with E-state index in [0.29, 0.717) is 16.7 Å². The molecule has 3 rings (SSSR count). The standard InChI is InChI=1S/C22H19N3O5/c1-24(12-4-11-23)19(26)14-30-22(29)16-9-7-15(8-10-16)13-25-20(27)17-5-2-3-6-18(17)21(25)28/h2-3,5-10H,4,12-14H2,1H3. The number of ether oxygens (including phenoxy) is 1. The minimum atomic E-state index is -0.663. The Balaban J connectivity index is 1.57. The molecule has 3 amide bonds. The lowest BCUT2D eigenvalue weighted by Crippen LogP contribution is -2.32. The van der Waals surface area contributed by atoms with Gasteiger partial charge in [0, 0.05) is 13.6 Å². The molecule has 1 aliphatic heterocycles. The lowest BCUT2D eigenvalue weighted by Gasteiger charge is -2.15. The van der Waals surface area contributed by atoms with E-state index >= 15 is 0 Å². The number of nitriles is 1. The van der Waals surface area contributed by atoms with Crippen LogP contribution in [-0.2, 0) is 16.1 Å². The fraction of sp³-hybridized carbons (Fsp3) is 0.227. The molecule has 2 aromatic rings. The molecule has 0 bridgehead atoms. The summed E-state index contributed by atoms with van der Waals surface area (Å²) in [4.78, 5) is 51.3. The third-order valence-electron chi connectivity index (χ3n) is 4.72. The van der Waals surface area contributed by atoms with Gasteiger partial charge in [-0.2, -0.15) is 5.26 Å². The summed E-state index contributed by atoms with van der Waals surface area (Å²) < 4.78 is 5.01. The summed E-state index contributed by atoms with van der Waals surface area (Å²) >= 11 is 0. The van der Waals surface area contributed by atoms with Crippen LogP contribution in [0.15, 0.2) is 48.5 Å². The second-order valence-corrected chi connectivity index (χ2v) is 6.74. The minimum Gasteiger partial charge on any atom is -0.452 e. The molecule has 8 nitrogen and oxygen atoms in total. The van der Waals surface area contributed by atoms with Crippen LogP contribution in [0.5, 0.6) is 0 Å². The highest BCUT2D eigenvalue weighted by molar-refractivity contribution is 6.21. The molecule has 8 heteroatoms. The Hall–Kier alpha value is -3.99. The third-order valence-corrected chi connectivity index (χ3v) is 4.72. The van der Waals surface area contributed by atoms with Crippen molar-refractivity contribution in [2.45, 2.75) is 13.0 Å². The SMILES string of the molecule is CN(CCC#N)C(=O)COC(=O)c1ccc(CN2C(=O)c3ccccc3C2=O)cc1. The average Bonchev–Trinajstić information content (AvgIpc) is 3.01. The number of nitrogens with zero attached hydrogens (tertiary/aromatic N) is 3. The lowest BCUT2D eigenvalue weighted by atomic mass is 10.1. The molecule has 0 aliphatic carbocycles. The van der Waals surface area contributed by atoms with E-state index < -0.39 is 18.5 Å². The number of imide groups is 1. The summed E-state index contributed by atoms with van der Waals surface area (Å²) in [6, 6.07) is 14.9. The molecule has 1 aliphatic rings. The number of rotatable bonds is 7. The Morgan fingerprint density at radius 3 is 2.20 bits per heavy atom. The van der Waals surface area contributed by atoms with Crippen LogP contribution in [0.4, 0.5) is 0 Å². The summed E-state index contributed by atoms with van der Waals surface area (Å²) in [5.74, 6) is -1.76. The van der Waals surface area contributed by atoms with Crippen LogP contribution in [0.2, 0.25) is 0 Å². The summed E-state index contributed by atoms with van der Waals surface area (Å²) in [6.07, 6.45) is 0.199. The summed E-state index contributed by atoms with van der Waals surface area (Å²) in [5, 5.41) is 8.54. The second kappa shape index (κ2) is 9.01. The van der Waals surface area contributed by atoms with Crippen LogP contribution in [0.1, 0.15) is 43.1 Å². The molecule has 0 N–H and O–H groups in total. The van der Waals surface area contributed by atoms with E-state index in [1.807, 2.05) is 6.07 Å². The van der Waals surface area contributed by atoms with Gasteiger partial charge in [0.15, 0.2) is 6.61 Å². The number of carbonyl (C=O) groups excluding carboxylic acids is 4. The number of amides is 3. The van der Waals surface area contributed by atoms with Crippen LogP contribution >= 0.6 is 0 Å². The summed E-state index contributed by atoms with van der Waals surface area (Å²) in [6.45, 7) is -0.0687. The molecule has 0 atom stereocenters. The molecule has 30 heavy (non-hydrogen) atoms. The number of fused-ring (bicyclic) bond motifs is 1. The van der Waals surface area contributed by atoms with E-state index in [1.54, 1.807) is 36.4 Å². The van der Waals surface area contributed by atoms with Gasteiger partial charge in [-0.25, -0.2) is 4.79 Å². The Bertz CT molecular complexity index is 1000. The zero-order chi connectivity index (χ0) is 21.7. The van der Waals surface area contributed by atoms with Crippen molar-refractivity contribution < 1.29 is 23.9 Å². The van der Waals surface area contributed by atoms with Gasteiger partial charge < -0.3 is 9.64 Å². The first kappa shape index (κ1) is 20.7. The number of likely N-dealkylation sites (N-methyl/N-ethyl adjacent to an activating group) is 1. The number of benzene rings is 2. The molecule has 0 aromatic heterocycles. The highest BCUT2D eigenvalue weighted by atomic mass is 16.5. The van der Waals surface area contributed by atoms with Gasteiger partial charge in [0.2, 0.25) is 0 Å². The smallest absolute Gasteiger partial charge is 0.338 e. The van der Waals surface area contributed by atoms with Gasteiger partial charge in [0.25, 0.3) is 17.7 Å². The van der Waals surface area contributed by atoms with Gasteiger partial charge in [-0.15, -0.1) is 0 Å². The molecule has 0 fully saturated rings. The number of esters is 1. The first-order valence-corrected chi connectivity index (χ1v) is 9.24. The maximum atomic E-state index is 12.4. The fourth-order valence-corrected chi connectivity index (χ4v) is 2.97. The van der Waals surface area contributed by atoms with Gasteiger partial charge in [-0.3, -0.25) is 19.3 Å². The first-order valence-electron chi connectivity index (χ1n) is 9.24. The average molecular weight is 405 g/mol. The molecule has 1 heterocycles. The Morgan fingerprint density at radius 2 is 1.63 bits per heavy atom. The van der Waals surface area contributed by atoms with Crippen molar-refractivity contribution in [2.75, 3.05) is 20.2 Å².